The summed E-state index contributed by atoms with van der Waals surface area (Å²) in [5.74, 6) is -0.619. The van der Waals surface area contributed by atoms with Crippen LogP contribution in [0.5, 0.6) is 0 Å². The Kier molecular flexibility index (Phi) is 5.08. The van der Waals surface area contributed by atoms with Crippen molar-refractivity contribution in [3.63, 3.8) is 0 Å². The Morgan fingerprint density at radius 1 is 1.32 bits per heavy atom. The summed E-state index contributed by atoms with van der Waals surface area (Å²) < 4.78 is 16.1. The lowest BCUT2D eigenvalue weighted by Crippen LogP contribution is -2.25. The second-order valence-electron chi connectivity index (χ2n) is 5.66. The molecule has 0 aliphatic carbocycles. The highest BCUT2D eigenvalue weighted by molar-refractivity contribution is 6.30. The first-order valence-corrected chi connectivity index (χ1v) is 8.00. The molecule has 9 heteroatoms. The molecular weight excluding hydrogens is 347 g/mol. The lowest BCUT2D eigenvalue weighted by molar-refractivity contribution is -0.119. The summed E-state index contributed by atoms with van der Waals surface area (Å²) in [5.41, 5.74) is 0.883. The van der Waals surface area contributed by atoms with Gasteiger partial charge in [-0.15, -0.1) is 5.10 Å². The molecule has 0 radical (unpaired) electrons. The van der Waals surface area contributed by atoms with Crippen LogP contribution >= 0.6 is 11.6 Å². The number of carbonyl (C=O) groups is 1. The van der Waals surface area contributed by atoms with Gasteiger partial charge in [0.1, 0.15) is 12.1 Å². The van der Waals surface area contributed by atoms with Crippen molar-refractivity contribution in [2.45, 2.75) is 20.0 Å². The molecule has 0 bridgehead atoms. The number of amides is 1. The number of hydrogen-bond donors (Lipinski definition) is 1. The van der Waals surface area contributed by atoms with Gasteiger partial charge in [0.15, 0.2) is 0 Å². The largest absolute Gasteiger partial charge is 0.293 e. The molecule has 3 aromatic rings. The molecule has 2 aromatic heterocycles. The van der Waals surface area contributed by atoms with Crippen molar-refractivity contribution < 1.29 is 9.18 Å². The first kappa shape index (κ1) is 17.1. The van der Waals surface area contributed by atoms with E-state index in [0.29, 0.717) is 18.1 Å². The molecule has 1 atom stereocenters. The Bertz CT molecular complexity index is 860. The number of carbonyl (C=O) groups excluding carboxylic acids is 1. The smallest absolute Gasteiger partial charge is 0.248 e. The molecule has 2 heterocycles. The number of benzene rings is 1. The Morgan fingerprint density at radius 3 is 2.76 bits per heavy atom. The molecule has 1 amide bonds. The summed E-state index contributed by atoms with van der Waals surface area (Å²) in [6.45, 7) is 2.61. The van der Waals surface area contributed by atoms with Crippen LogP contribution in [0.1, 0.15) is 12.5 Å². The van der Waals surface area contributed by atoms with Gasteiger partial charge in [0.05, 0.1) is 30.2 Å². The van der Waals surface area contributed by atoms with Crippen molar-refractivity contribution >= 4 is 23.5 Å². The standard InChI is InChI=1S/C16H16ClFN6O/c1-11(7-23-9-13(17)6-20-23)15(25)21-16-19-10-24(22-16)8-12-2-4-14(18)5-3-12/h2-6,9-11H,7-8H2,1H3,(H,21,22,25). The summed E-state index contributed by atoms with van der Waals surface area (Å²) in [7, 11) is 0. The molecule has 0 spiro atoms. The summed E-state index contributed by atoms with van der Waals surface area (Å²) in [6, 6.07) is 6.12. The second-order valence-corrected chi connectivity index (χ2v) is 6.10. The van der Waals surface area contributed by atoms with E-state index in [1.807, 2.05) is 0 Å². The van der Waals surface area contributed by atoms with E-state index in [1.54, 1.807) is 34.6 Å². The Morgan fingerprint density at radius 2 is 2.08 bits per heavy atom. The fourth-order valence-corrected chi connectivity index (χ4v) is 2.40. The van der Waals surface area contributed by atoms with Gasteiger partial charge in [0.25, 0.3) is 0 Å². The van der Waals surface area contributed by atoms with Gasteiger partial charge in [0, 0.05) is 6.20 Å². The fourth-order valence-electron chi connectivity index (χ4n) is 2.24. The van der Waals surface area contributed by atoms with Gasteiger partial charge in [-0.05, 0) is 17.7 Å². The number of aromatic nitrogens is 5. The van der Waals surface area contributed by atoms with Crippen LogP contribution < -0.4 is 5.32 Å². The number of nitrogens with one attached hydrogen (secondary N) is 1. The van der Waals surface area contributed by atoms with E-state index in [1.165, 1.54) is 24.7 Å². The normalized spacial score (nSPS) is 12.1. The Balaban J connectivity index is 1.56. The minimum Gasteiger partial charge on any atom is -0.293 e. The number of halogens is 2. The maximum atomic E-state index is 12.9. The third kappa shape index (κ3) is 4.63. The molecule has 1 aromatic carbocycles. The molecule has 0 saturated carbocycles. The van der Waals surface area contributed by atoms with Crippen LogP contribution in [0.4, 0.5) is 10.3 Å². The third-order valence-corrected chi connectivity index (χ3v) is 3.73. The van der Waals surface area contributed by atoms with Gasteiger partial charge >= 0.3 is 0 Å². The van der Waals surface area contributed by atoms with Gasteiger partial charge in [-0.25, -0.2) is 14.1 Å². The van der Waals surface area contributed by atoms with E-state index in [4.69, 9.17) is 11.6 Å². The molecule has 7 nitrogen and oxygen atoms in total. The van der Waals surface area contributed by atoms with Gasteiger partial charge in [-0.1, -0.05) is 30.7 Å². The molecule has 25 heavy (non-hydrogen) atoms. The number of hydrogen-bond acceptors (Lipinski definition) is 4. The van der Waals surface area contributed by atoms with E-state index in [0.717, 1.165) is 5.56 Å². The zero-order chi connectivity index (χ0) is 17.8. The average Bonchev–Trinajstić information content (AvgIpc) is 3.18. The van der Waals surface area contributed by atoms with Gasteiger partial charge in [-0.3, -0.25) is 14.8 Å². The van der Waals surface area contributed by atoms with E-state index >= 15 is 0 Å². The highest BCUT2D eigenvalue weighted by atomic mass is 35.5. The van der Waals surface area contributed by atoms with Crippen molar-refractivity contribution in [2.24, 2.45) is 5.92 Å². The zero-order valence-corrected chi connectivity index (χ0v) is 14.2. The maximum absolute atomic E-state index is 12.9. The van der Waals surface area contributed by atoms with Crippen LogP contribution in [0.25, 0.3) is 0 Å². The highest BCUT2D eigenvalue weighted by Crippen LogP contribution is 2.10. The number of rotatable bonds is 6. The third-order valence-electron chi connectivity index (χ3n) is 3.54. The molecule has 1 N–H and O–H groups in total. The fraction of sp³-hybridized carbons (Fsp3) is 0.250. The maximum Gasteiger partial charge on any atom is 0.248 e. The van der Waals surface area contributed by atoms with Gasteiger partial charge < -0.3 is 0 Å². The minimum absolute atomic E-state index is 0.217. The second kappa shape index (κ2) is 7.43. The van der Waals surface area contributed by atoms with Crippen molar-refractivity contribution in [3.05, 3.63) is 59.4 Å². The Hall–Kier alpha value is -2.74. The topological polar surface area (TPSA) is 77.6 Å². The first-order valence-electron chi connectivity index (χ1n) is 7.62. The lowest BCUT2D eigenvalue weighted by atomic mass is 10.1. The van der Waals surface area contributed by atoms with E-state index in [2.05, 4.69) is 20.5 Å². The number of nitrogens with zero attached hydrogens (tertiary/aromatic N) is 5. The molecule has 0 aliphatic rings. The molecule has 0 fully saturated rings. The summed E-state index contributed by atoms with van der Waals surface area (Å²) in [5, 5.41) is 11.4. The zero-order valence-electron chi connectivity index (χ0n) is 13.4. The molecular formula is C16H16ClFN6O. The number of anilines is 1. The van der Waals surface area contributed by atoms with Crippen LogP contribution in [-0.2, 0) is 17.9 Å². The summed E-state index contributed by atoms with van der Waals surface area (Å²) >= 11 is 5.80. The molecule has 3 rings (SSSR count). The quantitative estimate of drug-likeness (QED) is 0.731. The van der Waals surface area contributed by atoms with Crippen molar-refractivity contribution in [1.82, 2.24) is 24.5 Å². The molecule has 1 unspecified atom stereocenters. The lowest BCUT2D eigenvalue weighted by Gasteiger charge is -2.10. The van der Waals surface area contributed by atoms with Gasteiger partial charge in [0.2, 0.25) is 11.9 Å². The van der Waals surface area contributed by atoms with E-state index < -0.39 is 0 Å². The van der Waals surface area contributed by atoms with Crippen LogP contribution in [0.15, 0.2) is 43.0 Å². The molecule has 0 saturated heterocycles. The molecule has 130 valence electrons. The highest BCUT2D eigenvalue weighted by Gasteiger charge is 2.16. The Labute approximate surface area is 148 Å². The van der Waals surface area contributed by atoms with Crippen LogP contribution in [0.2, 0.25) is 5.02 Å². The first-order chi connectivity index (χ1) is 12.0. The summed E-state index contributed by atoms with van der Waals surface area (Å²) in [6.07, 6.45) is 4.68. The predicted octanol–water partition coefficient (Wildman–Crippen LogP) is 2.59. The SMILES string of the molecule is CC(Cn1cc(Cl)cn1)C(=O)Nc1ncn(Cc2ccc(F)cc2)n1. The van der Waals surface area contributed by atoms with E-state index in [9.17, 15) is 9.18 Å². The van der Waals surface area contributed by atoms with Gasteiger partial charge in [-0.2, -0.15) is 5.10 Å². The molecule has 0 aliphatic heterocycles. The van der Waals surface area contributed by atoms with Crippen molar-refractivity contribution in [1.29, 1.82) is 0 Å². The minimum atomic E-state index is -0.333. The predicted molar refractivity (Wildman–Crippen MR) is 90.6 cm³/mol. The average molecular weight is 363 g/mol. The van der Waals surface area contributed by atoms with Crippen LogP contribution in [-0.4, -0.2) is 30.5 Å². The van der Waals surface area contributed by atoms with Crippen molar-refractivity contribution in [2.75, 3.05) is 5.32 Å². The van der Waals surface area contributed by atoms with Crippen LogP contribution in [0.3, 0.4) is 0 Å². The summed E-state index contributed by atoms with van der Waals surface area (Å²) in [4.78, 5) is 16.3. The monoisotopic (exact) mass is 362 g/mol. The van der Waals surface area contributed by atoms with Crippen molar-refractivity contribution in [3.8, 4) is 0 Å². The van der Waals surface area contributed by atoms with Crippen LogP contribution in [0, 0.1) is 11.7 Å². The van der Waals surface area contributed by atoms with E-state index in [-0.39, 0.29) is 23.6 Å².